The fraction of sp³-hybridized carbons (Fsp3) is 0.158. The second-order valence-corrected chi connectivity index (χ2v) is 7.81. The Morgan fingerprint density at radius 2 is 1.97 bits per heavy atom. The van der Waals surface area contributed by atoms with Crippen LogP contribution in [0.25, 0.3) is 5.82 Å². The smallest absolute Gasteiger partial charge is 0.274 e. The molecule has 0 aliphatic rings. The van der Waals surface area contributed by atoms with Crippen LogP contribution >= 0.6 is 39.1 Å². The van der Waals surface area contributed by atoms with Gasteiger partial charge in [-0.25, -0.2) is 15.1 Å². The molecule has 0 bridgehead atoms. The van der Waals surface area contributed by atoms with Crippen LogP contribution in [0.2, 0.25) is 10.0 Å². The zero-order valence-corrected chi connectivity index (χ0v) is 19.1. The normalized spacial score (nSPS) is 10.7. The van der Waals surface area contributed by atoms with E-state index in [1.165, 1.54) is 16.8 Å². The number of rotatable bonds is 6. The summed E-state index contributed by atoms with van der Waals surface area (Å²) in [6, 6.07) is 8.00. The van der Waals surface area contributed by atoms with Crippen LogP contribution in [-0.2, 0) is 0 Å². The summed E-state index contributed by atoms with van der Waals surface area (Å²) < 4.78 is 1.75. The molecule has 3 rings (SSSR count). The topological polar surface area (TPSA) is 101 Å². The molecule has 0 atom stereocenters. The monoisotopic (exact) mass is 510 g/mol. The van der Waals surface area contributed by atoms with Gasteiger partial charge in [0.05, 0.1) is 16.3 Å². The third-order valence-electron chi connectivity index (χ3n) is 4.01. The molecule has 3 aromatic rings. The summed E-state index contributed by atoms with van der Waals surface area (Å²) in [6.45, 7) is 4.12. The molecule has 0 saturated carbocycles. The molecule has 0 fully saturated rings. The van der Waals surface area contributed by atoms with Crippen molar-refractivity contribution in [2.75, 3.05) is 11.9 Å². The largest absolute Gasteiger partial charge is 0.320 e. The van der Waals surface area contributed by atoms with Crippen LogP contribution in [0.5, 0.6) is 0 Å². The number of pyridine rings is 1. The average Bonchev–Trinajstić information content (AvgIpc) is 3.09. The van der Waals surface area contributed by atoms with Crippen LogP contribution in [0.3, 0.4) is 0 Å². The van der Waals surface area contributed by atoms with Crippen LogP contribution in [0, 0.1) is 6.92 Å². The number of nitrogens with one attached hydrogen (secondary N) is 3. The number of aryl methyl sites for hydroxylation is 1. The molecule has 11 heteroatoms. The lowest BCUT2D eigenvalue weighted by atomic mass is 10.1. The van der Waals surface area contributed by atoms with Crippen LogP contribution in [0.4, 0.5) is 5.69 Å². The van der Waals surface area contributed by atoms with E-state index in [0.717, 1.165) is 0 Å². The number of halogens is 3. The van der Waals surface area contributed by atoms with Gasteiger partial charge in [0.2, 0.25) is 0 Å². The highest BCUT2D eigenvalue weighted by molar-refractivity contribution is 9.10. The molecule has 2 heterocycles. The van der Waals surface area contributed by atoms with E-state index in [2.05, 4.69) is 42.2 Å². The van der Waals surface area contributed by atoms with Gasteiger partial charge >= 0.3 is 0 Å². The van der Waals surface area contributed by atoms with Crippen molar-refractivity contribution in [3.05, 3.63) is 68.0 Å². The Bertz CT molecular complexity index is 1120. The van der Waals surface area contributed by atoms with Gasteiger partial charge < -0.3 is 5.32 Å². The summed E-state index contributed by atoms with van der Waals surface area (Å²) in [5.41, 5.74) is 6.64. The lowest BCUT2D eigenvalue weighted by Gasteiger charge is -2.15. The molecule has 0 saturated heterocycles. The maximum atomic E-state index is 13.1. The summed E-state index contributed by atoms with van der Waals surface area (Å²) in [5.74, 6) is -0.633. The van der Waals surface area contributed by atoms with Crippen molar-refractivity contribution in [3.63, 3.8) is 0 Å². The van der Waals surface area contributed by atoms with Gasteiger partial charge in [-0.2, -0.15) is 5.10 Å². The summed E-state index contributed by atoms with van der Waals surface area (Å²) >= 11 is 15.6. The number of hydrazine groups is 1. The van der Waals surface area contributed by atoms with Crippen LogP contribution in [-0.4, -0.2) is 33.1 Å². The number of aromatic nitrogens is 3. The van der Waals surface area contributed by atoms with Crippen molar-refractivity contribution in [3.8, 4) is 5.82 Å². The van der Waals surface area contributed by atoms with Crippen molar-refractivity contribution >= 4 is 56.6 Å². The molecule has 30 heavy (non-hydrogen) atoms. The molecule has 2 amide bonds. The number of hydrogen-bond acceptors (Lipinski definition) is 5. The Morgan fingerprint density at radius 3 is 2.67 bits per heavy atom. The fourth-order valence-electron chi connectivity index (χ4n) is 2.71. The molecule has 0 aliphatic carbocycles. The maximum Gasteiger partial charge on any atom is 0.274 e. The summed E-state index contributed by atoms with van der Waals surface area (Å²) in [7, 11) is 0. The molecule has 0 spiro atoms. The van der Waals surface area contributed by atoms with Gasteiger partial charge in [0.15, 0.2) is 5.82 Å². The molecular formula is C19H17BrCl2N6O2. The number of anilines is 1. The second-order valence-electron chi connectivity index (χ2n) is 6.16. The standard InChI is InChI=1S/C19H17BrCl2N6O2/c1-3-24-26-18(29)12-8-11(21)7-10(2)16(12)25-19(30)14-9-15(20)27-28(14)17-13(22)5-4-6-23-17/h4-9,24H,3H2,1-2H3,(H,25,30)(H,26,29). The molecule has 0 unspecified atom stereocenters. The molecule has 2 aromatic heterocycles. The zero-order chi connectivity index (χ0) is 21.8. The number of nitrogens with zero attached hydrogens (tertiary/aromatic N) is 3. The van der Waals surface area contributed by atoms with Crippen molar-refractivity contribution in [1.82, 2.24) is 25.6 Å². The van der Waals surface area contributed by atoms with Crippen LogP contribution < -0.4 is 16.2 Å². The number of carbonyl (C=O) groups is 2. The van der Waals surface area contributed by atoms with Crippen molar-refractivity contribution in [2.45, 2.75) is 13.8 Å². The first-order chi connectivity index (χ1) is 14.3. The van der Waals surface area contributed by atoms with E-state index in [1.54, 1.807) is 31.3 Å². The first-order valence-electron chi connectivity index (χ1n) is 8.83. The van der Waals surface area contributed by atoms with Gasteiger partial charge in [-0.1, -0.05) is 30.1 Å². The van der Waals surface area contributed by atoms with E-state index >= 15 is 0 Å². The Kier molecular flexibility index (Phi) is 7.09. The highest BCUT2D eigenvalue weighted by atomic mass is 79.9. The molecule has 1 aromatic carbocycles. The van der Waals surface area contributed by atoms with Gasteiger partial charge in [-0.3, -0.25) is 15.0 Å². The summed E-state index contributed by atoms with van der Waals surface area (Å²) in [5, 5.41) is 7.74. The van der Waals surface area contributed by atoms with E-state index in [-0.39, 0.29) is 11.3 Å². The maximum absolute atomic E-state index is 13.1. The number of amides is 2. The highest BCUT2D eigenvalue weighted by Gasteiger charge is 2.22. The number of benzene rings is 1. The first kappa shape index (κ1) is 22.2. The second kappa shape index (κ2) is 9.57. The van der Waals surface area contributed by atoms with E-state index in [9.17, 15) is 9.59 Å². The lowest BCUT2D eigenvalue weighted by molar-refractivity contribution is 0.0935. The quantitative estimate of drug-likeness (QED) is 0.431. The average molecular weight is 512 g/mol. The van der Waals surface area contributed by atoms with Crippen LogP contribution in [0.15, 0.2) is 41.1 Å². The Labute approximate surface area is 191 Å². The third kappa shape index (κ3) is 4.81. The fourth-order valence-corrected chi connectivity index (χ4v) is 3.56. The summed E-state index contributed by atoms with van der Waals surface area (Å²) in [4.78, 5) is 29.9. The molecule has 0 radical (unpaired) electrons. The predicted molar refractivity (Wildman–Crippen MR) is 119 cm³/mol. The van der Waals surface area contributed by atoms with E-state index in [4.69, 9.17) is 23.2 Å². The molecule has 3 N–H and O–H groups in total. The molecule has 0 aliphatic heterocycles. The Hall–Kier alpha value is -2.46. The predicted octanol–water partition coefficient (Wildman–Crippen LogP) is 4.15. The van der Waals surface area contributed by atoms with Gasteiger partial charge in [-0.15, -0.1) is 0 Å². The van der Waals surface area contributed by atoms with E-state index in [0.29, 0.717) is 38.3 Å². The molecule has 156 valence electrons. The van der Waals surface area contributed by atoms with Crippen molar-refractivity contribution < 1.29 is 9.59 Å². The SMILES string of the molecule is CCNNC(=O)c1cc(Cl)cc(C)c1NC(=O)c1cc(Br)nn1-c1ncccc1Cl. The number of carbonyl (C=O) groups excluding carboxylic acids is 2. The van der Waals surface area contributed by atoms with Crippen LogP contribution in [0.1, 0.15) is 33.3 Å². The lowest BCUT2D eigenvalue weighted by Crippen LogP contribution is -2.37. The Balaban J connectivity index is 2.00. The Morgan fingerprint density at radius 1 is 1.20 bits per heavy atom. The number of hydrogen-bond donors (Lipinski definition) is 3. The third-order valence-corrected chi connectivity index (χ3v) is 4.91. The van der Waals surface area contributed by atoms with Gasteiger partial charge in [-0.05, 0) is 52.7 Å². The molecular weight excluding hydrogens is 495 g/mol. The van der Waals surface area contributed by atoms with E-state index in [1.807, 2.05) is 6.92 Å². The van der Waals surface area contributed by atoms with Gasteiger partial charge in [0.25, 0.3) is 11.8 Å². The highest BCUT2D eigenvalue weighted by Crippen LogP contribution is 2.27. The minimum absolute atomic E-state index is 0.176. The first-order valence-corrected chi connectivity index (χ1v) is 10.4. The summed E-state index contributed by atoms with van der Waals surface area (Å²) in [6.07, 6.45) is 1.55. The van der Waals surface area contributed by atoms with Gasteiger partial charge in [0.1, 0.15) is 10.3 Å². The minimum atomic E-state index is -0.502. The zero-order valence-electron chi connectivity index (χ0n) is 16.0. The van der Waals surface area contributed by atoms with Gasteiger partial charge in [0, 0.05) is 23.8 Å². The van der Waals surface area contributed by atoms with E-state index < -0.39 is 11.8 Å². The molecule has 8 nitrogen and oxygen atoms in total. The van der Waals surface area contributed by atoms with Crippen molar-refractivity contribution in [1.29, 1.82) is 0 Å². The van der Waals surface area contributed by atoms with Crippen molar-refractivity contribution in [2.24, 2.45) is 0 Å². The minimum Gasteiger partial charge on any atom is -0.320 e.